The van der Waals surface area contributed by atoms with Gasteiger partial charge in [0.05, 0.1) is 6.54 Å². The van der Waals surface area contributed by atoms with Crippen molar-refractivity contribution < 1.29 is 5.21 Å². The van der Waals surface area contributed by atoms with Gasteiger partial charge in [0.25, 0.3) is 0 Å². The molecule has 0 radical (unpaired) electrons. The second-order valence-corrected chi connectivity index (χ2v) is 2.97. The lowest BCUT2D eigenvalue weighted by Gasteiger charge is -2.04. The molecule has 0 aromatic heterocycles. The van der Waals surface area contributed by atoms with Crippen LogP contribution in [-0.4, -0.2) is 29.8 Å². The maximum Gasteiger partial charge on any atom is 0.151 e. The van der Waals surface area contributed by atoms with E-state index in [-0.39, 0.29) is 0 Å². The summed E-state index contributed by atoms with van der Waals surface area (Å²) < 4.78 is 0. The first kappa shape index (κ1) is 8.74. The minimum Gasteiger partial charge on any atom is -0.410 e. The van der Waals surface area contributed by atoms with Gasteiger partial charge in [0.2, 0.25) is 0 Å². The largest absolute Gasteiger partial charge is 0.410 e. The van der Waals surface area contributed by atoms with Crippen molar-refractivity contribution in [2.45, 2.75) is 0 Å². The quantitative estimate of drug-likeness (QED) is 0.412. The van der Waals surface area contributed by atoms with E-state index in [1.807, 2.05) is 30.3 Å². The van der Waals surface area contributed by atoms with Gasteiger partial charge in [-0.25, -0.2) is 0 Å². The second-order valence-electron chi connectivity index (χ2n) is 2.97. The number of nitrogens with one attached hydrogen (secondary N) is 1. The third kappa shape index (κ3) is 1.59. The SMILES string of the molecule is O/N=C(/C1=NCCN1)c1ccccc1. The zero-order chi connectivity index (χ0) is 9.80. The van der Waals surface area contributed by atoms with E-state index in [2.05, 4.69) is 15.5 Å². The Morgan fingerprint density at radius 3 is 2.71 bits per heavy atom. The van der Waals surface area contributed by atoms with Crippen molar-refractivity contribution in [3.05, 3.63) is 35.9 Å². The zero-order valence-corrected chi connectivity index (χ0v) is 7.64. The summed E-state index contributed by atoms with van der Waals surface area (Å²) in [5.41, 5.74) is 1.37. The number of hydrogen-bond acceptors (Lipinski definition) is 4. The maximum absolute atomic E-state index is 8.91. The average Bonchev–Trinajstić information content (AvgIpc) is 2.74. The van der Waals surface area contributed by atoms with Gasteiger partial charge in [-0.05, 0) is 0 Å². The van der Waals surface area contributed by atoms with Gasteiger partial charge in [-0.1, -0.05) is 35.5 Å². The van der Waals surface area contributed by atoms with Crippen LogP contribution in [0.15, 0.2) is 40.5 Å². The fraction of sp³-hybridized carbons (Fsp3) is 0.200. The van der Waals surface area contributed by atoms with E-state index in [1.54, 1.807) is 0 Å². The number of hydrogen-bond donors (Lipinski definition) is 2. The third-order valence-electron chi connectivity index (χ3n) is 2.05. The predicted octanol–water partition coefficient (Wildman–Crippen LogP) is 0.867. The monoisotopic (exact) mass is 189 g/mol. The van der Waals surface area contributed by atoms with E-state index in [0.717, 1.165) is 18.7 Å². The summed E-state index contributed by atoms with van der Waals surface area (Å²) in [5.74, 6) is 0.665. The Hall–Kier alpha value is -1.84. The number of amidine groups is 1. The second kappa shape index (κ2) is 3.91. The molecule has 0 atom stereocenters. The van der Waals surface area contributed by atoms with Crippen LogP contribution in [-0.2, 0) is 0 Å². The summed E-state index contributed by atoms with van der Waals surface area (Å²) in [6.45, 7) is 1.54. The summed E-state index contributed by atoms with van der Waals surface area (Å²) in [4.78, 5) is 4.20. The van der Waals surface area contributed by atoms with E-state index in [4.69, 9.17) is 5.21 Å². The Balaban J connectivity index is 2.31. The molecule has 1 aromatic rings. The van der Waals surface area contributed by atoms with E-state index in [9.17, 15) is 0 Å². The highest BCUT2D eigenvalue weighted by molar-refractivity contribution is 6.47. The van der Waals surface area contributed by atoms with Crippen LogP contribution in [0.25, 0.3) is 0 Å². The Bertz CT molecular complexity index is 370. The molecule has 0 unspecified atom stereocenters. The van der Waals surface area contributed by atoms with E-state index in [1.165, 1.54) is 0 Å². The van der Waals surface area contributed by atoms with Crippen molar-refractivity contribution in [1.29, 1.82) is 0 Å². The standard InChI is InChI=1S/C10H11N3O/c14-13-9(10-11-6-7-12-10)8-4-2-1-3-5-8/h1-5,14H,6-7H2,(H,11,12)/b13-9+. The lowest BCUT2D eigenvalue weighted by Crippen LogP contribution is -2.28. The number of aliphatic imine (C=N–C) groups is 1. The van der Waals surface area contributed by atoms with E-state index in [0.29, 0.717) is 11.5 Å². The number of oxime groups is 1. The Morgan fingerprint density at radius 2 is 2.14 bits per heavy atom. The summed E-state index contributed by atoms with van der Waals surface area (Å²) in [6.07, 6.45) is 0. The van der Waals surface area contributed by atoms with Crippen LogP contribution < -0.4 is 5.32 Å². The van der Waals surface area contributed by atoms with Crippen LogP contribution in [0.4, 0.5) is 0 Å². The van der Waals surface area contributed by atoms with Gasteiger partial charge < -0.3 is 10.5 Å². The van der Waals surface area contributed by atoms with Gasteiger partial charge in [0, 0.05) is 12.1 Å². The molecule has 0 fully saturated rings. The van der Waals surface area contributed by atoms with Crippen LogP contribution in [0.3, 0.4) is 0 Å². The van der Waals surface area contributed by atoms with Crippen molar-refractivity contribution >= 4 is 11.5 Å². The lowest BCUT2D eigenvalue weighted by atomic mass is 10.1. The first-order chi connectivity index (χ1) is 6.92. The lowest BCUT2D eigenvalue weighted by molar-refractivity contribution is 0.320. The number of rotatable bonds is 2. The molecule has 2 N–H and O–H groups in total. The van der Waals surface area contributed by atoms with Crippen LogP contribution in [0.5, 0.6) is 0 Å². The normalized spacial score (nSPS) is 16.3. The molecular weight excluding hydrogens is 178 g/mol. The summed E-state index contributed by atoms with van der Waals surface area (Å²) in [7, 11) is 0. The zero-order valence-electron chi connectivity index (χ0n) is 7.64. The molecule has 1 aromatic carbocycles. The summed E-state index contributed by atoms with van der Waals surface area (Å²) >= 11 is 0. The first-order valence-corrected chi connectivity index (χ1v) is 4.48. The van der Waals surface area contributed by atoms with Crippen LogP contribution in [0.2, 0.25) is 0 Å². The van der Waals surface area contributed by atoms with Gasteiger partial charge in [-0.15, -0.1) is 0 Å². The molecular formula is C10H11N3O. The molecule has 0 saturated carbocycles. The van der Waals surface area contributed by atoms with E-state index < -0.39 is 0 Å². The van der Waals surface area contributed by atoms with Crippen LogP contribution in [0, 0.1) is 0 Å². The van der Waals surface area contributed by atoms with Gasteiger partial charge >= 0.3 is 0 Å². The van der Waals surface area contributed by atoms with Crippen molar-refractivity contribution in [2.75, 3.05) is 13.1 Å². The summed E-state index contributed by atoms with van der Waals surface area (Å²) in [5, 5.41) is 15.2. The Labute approximate surface area is 82.0 Å². The molecule has 4 heteroatoms. The van der Waals surface area contributed by atoms with Crippen LogP contribution in [0.1, 0.15) is 5.56 Å². The number of nitrogens with zero attached hydrogens (tertiary/aromatic N) is 2. The fourth-order valence-electron chi connectivity index (χ4n) is 1.39. The number of benzene rings is 1. The van der Waals surface area contributed by atoms with Crippen molar-refractivity contribution in [2.24, 2.45) is 10.1 Å². The highest BCUT2D eigenvalue weighted by Crippen LogP contribution is 2.03. The van der Waals surface area contributed by atoms with Gasteiger partial charge in [-0.2, -0.15) is 0 Å². The minimum atomic E-state index is 0.503. The smallest absolute Gasteiger partial charge is 0.151 e. The third-order valence-corrected chi connectivity index (χ3v) is 2.05. The van der Waals surface area contributed by atoms with Crippen molar-refractivity contribution in [1.82, 2.24) is 5.32 Å². The highest BCUT2D eigenvalue weighted by Gasteiger charge is 2.14. The molecule has 0 spiro atoms. The molecule has 1 aliphatic rings. The van der Waals surface area contributed by atoms with Crippen molar-refractivity contribution in [3.8, 4) is 0 Å². The molecule has 1 heterocycles. The highest BCUT2D eigenvalue weighted by atomic mass is 16.4. The van der Waals surface area contributed by atoms with E-state index >= 15 is 0 Å². The molecule has 14 heavy (non-hydrogen) atoms. The van der Waals surface area contributed by atoms with Gasteiger partial charge in [0.15, 0.2) is 11.5 Å². The van der Waals surface area contributed by atoms with Crippen molar-refractivity contribution in [3.63, 3.8) is 0 Å². The molecule has 0 aliphatic carbocycles. The molecule has 4 nitrogen and oxygen atoms in total. The van der Waals surface area contributed by atoms with Crippen LogP contribution >= 0.6 is 0 Å². The minimum absolute atomic E-state index is 0.503. The first-order valence-electron chi connectivity index (χ1n) is 4.48. The molecule has 0 amide bonds. The Morgan fingerprint density at radius 1 is 1.36 bits per heavy atom. The molecule has 0 saturated heterocycles. The fourth-order valence-corrected chi connectivity index (χ4v) is 1.39. The maximum atomic E-state index is 8.91. The average molecular weight is 189 g/mol. The molecule has 0 bridgehead atoms. The topological polar surface area (TPSA) is 57.0 Å². The molecule has 1 aliphatic heterocycles. The molecule has 2 rings (SSSR count). The van der Waals surface area contributed by atoms with Gasteiger partial charge in [-0.3, -0.25) is 4.99 Å². The predicted molar refractivity (Wildman–Crippen MR) is 55.1 cm³/mol. The Kier molecular flexibility index (Phi) is 2.44. The van der Waals surface area contributed by atoms with Gasteiger partial charge in [0.1, 0.15) is 0 Å². The molecule has 72 valence electrons. The summed E-state index contributed by atoms with van der Waals surface area (Å²) in [6, 6.07) is 9.49.